The SMILES string of the molecule is CCOC(=O)COC1COc2cc(OCc3c(Cl)cccc3CC)ccc2C1. The minimum atomic E-state index is -0.358. The highest BCUT2D eigenvalue weighted by Crippen LogP contribution is 2.31. The van der Waals surface area contributed by atoms with Gasteiger partial charge >= 0.3 is 5.97 Å². The minimum Gasteiger partial charge on any atom is -0.490 e. The molecule has 2 aromatic carbocycles. The second kappa shape index (κ2) is 9.80. The van der Waals surface area contributed by atoms with Crippen molar-refractivity contribution in [2.24, 2.45) is 0 Å². The van der Waals surface area contributed by atoms with E-state index in [1.165, 1.54) is 5.56 Å². The zero-order valence-corrected chi connectivity index (χ0v) is 17.0. The fourth-order valence-electron chi connectivity index (χ4n) is 3.16. The normalized spacial score (nSPS) is 15.5. The van der Waals surface area contributed by atoms with Crippen molar-refractivity contribution in [1.29, 1.82) is 0 Å². The van der Waals surface area contributed by atoms with Crippen LogP contribution in [0.15, 0.2) is 36.4 Å². The lowest BCUT2D eigenvalue weighted by Gasteiger charge is -2.25. The fourth-order valence-corrected chi connectivity index (χ4v) is 3.41. The van der Waals surface area contributed by atoms with Crippen LogP contribution in [0.3, 0.4) is 0 Å². The maximum atomic E-state index is 11.4. The minimum absolute atomic E-state index is 0.0595. The van der Waals surface area contributed by atoms with Gasteiger partial charge in [0.1, 0.15) is 31.3 Å². The first-order valence-electron chi connectivity index (χ1n) is 9.52. The first kappa shape index (κ1) is 20.5. The smallest absolute Gasteiger partial charge is 0.332 e. The standard InChI is InChI=1S/C22H25ClO5/c1-3-15-6-5-7-20(23)19(15)13-26-17-9-8-16-10-18(12-28-21(16)11-17)27-14-22(24)25-4-2/h5-9,11,18H,3-4,10,12-14H2,1-2H3. The molecule has 1 atom stereocenters. The highest BCUT2D eigenvalue weighted by molar-refractivity contribution is 6.31. The maximum absolute atomic E-state index is 11.4. The number of aryl methyl sites for hydroxylation is 1. The van der Waals surface area contributed by atoms with Gasteiger partial charge in [0.05, 0.1) is 12.7 Å². The van der Waals surface area contributed by atoms with Crippen molar-refractivity contribution in [3.05, 3.63) is 58.1 Å². The molecule has 0 aromatic heterocycles. The van der Waals surface area contributed by atoms with E-state index in [2.05, 4.69) is 13.0 Å². The number of fused-ring (bicyclic) bond motifs is 1. The molecule has 1 aliphatic heterocycles. The number of rotatable bonds is 8. The highest BCUT2D eigenvalue weighted by Gasteiger charge is 2.22. The summed E-state index contributed by atoms with van der Waals surface area (Å²) >= 11 is 6.33. The van der Waals surface area contributed by atoms with Crippen molar-refractivity contribution < 1.29 is 23.7 Å². The van der Waals surface area contributed by atoms with Gasteiger partial charge in [0.25, 0.3) is 0 Å². The van der Waals surface area contributed by atoms with Crippen LogP contribution in [-0.2, 0) is 33.7 Å². The molecule has 0 N–H and O–H groups in total. The second-order valence-electron chi connectivity index (χ2n) is 6.54. The summed E-state index contributed by atoms with van der Waals surface area (Å²) in [6.45, 7) is 4.96. The topological polar surface area (TPSA) is 54.0 Å². The van der Waals surface area contributed by atoms with Crippen LogP contribution in [0.25, 0.3) is 0 Å². The first-order chi connectivity index (χ1) is 13.6. The van der Waals surface area contributed by atoms with Crippen LogP contribution in [0.5, 0.6) is 11.5 Å². The lowest BCUT2D eigenvalue weighted by Crippen LogP contribution is -2.31. The monoisotopic (exact) mass is 404 g/mol. The van der Waals surface area contributed by atoms with Crippen molar-refractivity contribution >= 4 is 17.6 Å². The molecule has 0 saturated carbocycles. The fraction of sp³-hybridized carbons (Fsp3) is 0.409. The van der Waals surface area contributed by atoms with Gasteiger partial charge in [-0.05, 0) is 36.6 Å². The van der Waals surface area contributed by atoms with Gasteiger partial charge in [0, 0.05) is 23.1 Å². The van der Waals surface area contributed by atoms with E-state index in [0.29, 0.717) is 26.2 Å². The van der Waals surface area contributed by atoms with E-state index in [1.807, 2.05) is 30.3 Å². The molecular weight excluding hydrogens is 380 g/mol. The number of hydrogen-bond donors (Lipinski definition) is 0. The van der Waals surface area contributed by atoms with Crippen LogP contribution >= 0.6 is 11.6 Å². The quantitative estimate of drug-likeness (QED) is 0.612. The molecular formula is C22H25ClO5. The maximum Gasteiger partial charge on any atom is 0.332 e. The lowest BCUT2D eigenvalue weighted by atomic mass is 10.0. The van der Waals surface area contributed by atoms with Gasteiger partial charge in [-0.15, -0.1) is 0 Å². The average Bonchev–Trinajstić information content (AvgIpc) is 2.71. The van der Waals surface area contributed by atoms with Crippen LogP contribution in [0.2, 0.25) is 5.02 Å². The Morgan fingerprint density at radius 3 is 2.89 bits per heavy atom. The summed E-state index contributed by atoms with van der Waals surface area (Å²) in [7, 11) is 0. The summed E-state index contributed by atoms with van der Waals surface area (Å²) in [5.41, 5.74) is 3.22. The molecule has 2 aromatic rings. The Balaban J connectivity index is 1.59. The third-order valence-electron chi connectivity index (χ3n) is 4.63. The lowest BCUT2D eigenvalue weighted by molar-refractivity contribution is -0.151. The Morgan fingerprint density at radius 2 is 2.11 bits per heavy atom. The van der Waals surface area contributed by atoms with Gasteiger partial charge in [-0.1, -0.05) is 36.7 Å². The number of esters is 1. The predicted molar refractivity (Wildman–Crippen MR) is 107 cm³/mol. The Bertz CT molecular complexity index is 821. The van der Waals surface area contributed by atoms with Gasteiger partial charge in [0.2, 0.25) is 0 Å². The van der Waals surface area contributed by atoms with Gasteiger partial charge in [-0.2, -0.15) is 0 Å². The number of ether oxygens (including phenoxy) is 4. The molecule has 0 aliphatic carbocycles. The molecule has 0 bridgehead atoms. The van der Waals surface area contributed by atoms with E-state index in [4.69, 9.17) is 30.5 Å². The van der Waals surface area contributed by atoms with Crippen LogP contribution in [0.1, 0.15) is 30.5 Å². The first-order valence-corrected chi connectivity index (χ1v) is 9.90. The molecule has 0 spiro atoms. The van der Waals surface area contributed by atoms with Gasteiger partial charge in [-0.3, -0.25) is 0 Å². The van der Waals surface area contributed by atoms with Gasteiger partial charge in [-0.25, -0.2) is 4.79 Å². The van der Waals surface area contributed by atoms with E-state index >= 15 is 0 Å². The Kier molecular flexibility index (Phi) is 7.18. The van der Waals surface area contributed by atoms with Crippen molar-refractivity contribution in [3.63, 3.8) is 0 Å². The number of carbonyl (C=O) groups is 1. The zero-order chi connectivity index (χ0) is 19.9. The van der Waals surface area contributed by atoms with Crippen molar-refractivity contribution in [1.82, 2.24) is 0 Å². The van der Waals surface area contributed by atoms with E-state index in [0.717, 1.165) is 34.1 Å². The summed E-state index contributed by atoms with van der Waals surface area (Å²) in [5.74, 6) is 1.15. The molecule has 3 rings (SSSR count). The molecule has 1 heterocycles. The van der Waals surface area contributed by atoms with E-state index < -0.39 is 0 Å². The Hall–Kier alpha value is -2.24. The number of benzene rings is 2. The molecule has 0 amide bonds. The number of hydrogen-bond acceptors (Lipinski definition) is 5. The molecule has 150 valence electrons. The molecule has 6 heteroatoms. The Morgan fingerprint density at radius 1 is 1.25 bits per heavy atom. The van der Waals surface area contributed by atoms with Crippen LogP contribution in [-0.4, -0.2) is 31.9 Å². The Labute approximate surface area is 170 Å². The summed E-state index contributed by atoms with van der Waals surface area (Å²) in [6.07, 6.45) is 1.41. The molecule has 5 nitrogen and oxygen atoms in total. The van der Waals surface area contributed by atoms with E-state index in [1.54, 1.807) is 6.92 Å². The highest BCUT2D eigenvalue weighted by atomic mass is 35.5. The summed E-state index contributed by atoms with van der Waals surface area (Å²) < 4.78 is 22.2. The van der Waals surface area contributed by atoms with Crippen molar-refractivity contribution in [2.45, 2.75) is 39.4 Å². The van der Waals surface area contributed by atoms with E-state index in [-0.39, 0.29) is 18.7 Å². The zero-order valence-electron chi connectivity index (χ0n) is 16.2. The second-order valence-corrected chi connectivity index (χ2v) is 6.95. The third-order valence-corrected chi connectivity index (χ3v) is 4.99. The average molecular weight is 405 g/mol. The predicted octanol–water partition coefficient (Wildman–Crippen LogP) is 4.36. The number of carbonyl (C=O) groups excluding carboxylic acids is 1. The van der Waals surface area contributed by atoms with Crippen LogP contribution in [0, 0.1) is 0 Å². The van der Waals surface area contributed by atoms with Gasteiger partial charge < -0.3 is 18.9 Å². The third kappa shape index (κ3) is 5.18. The van der Waals surface area contributed by atoms with Gasteiger partial charge in [0.15, 0.2) is 0 Å². The van der Waals surface area contributed by atoms with Crippen molar-refractivity contribution in [2.75, 3.05) is 19.8 Å². The molecule has 0 saturated heterocycles. The molecule has 0 fully saturated rings. The molecule has 0 radical (unpaired) electrons. The summed E-state index contributed by atoms with van der Waals surface area (Å²) in [4.78, 5) is 11.4. The molecule has 1 aliphatic rings. The largest absolute Gasteiger partial charge is 0.490 e. The summed E-state index contributed by atoms with van der Waals surface area (Å²) in [5, 5.41) is 0.718. The molecule has 28 heavy (non-hydrogen) atoms. The molecule has 1 unspecified atom stereocenters. The van der Waals surface area contributed by atoms with E-state index in [9.17, 15) is 4.79 Å². The van der Waals surface area contributed by atoms with Crippen LogP contribution < -0.4 is 9.47 Å². The van der Waals surface area contributed by atoms with Crippen LogP contribution in [0.4, 0.5) is 0 Å². The summed E-state index contributed by atoms with van der Waals surface area (Å²) in [6, 6.07) is 11.7. The van der Waals surface area contributed by atoms with Crippen molar-refractivity contribution in [3.8, 4) is 11.5 Å². The number of halogens is 1.